The minimum absolute atomic E-state index is 0.0389. The first-order valence-electron chi connectivity index (χ1n) is 10.1. The Morgan fingerprint density at radius 1 is 1.23 bits per heavy atom. The molecular formula is C21H26N6O3. The summed E-state index contributed by atoms with van der Waals surface area (Å²) < 4.78 is 9.36. The van der Waals surface area contributed by atoms with Crippen molar-refractivity contribution in [3.05, 3.63) is 42.2 Å². The predicted molar refractivity (Wildman–Crippen MR) is 111 cm³/mol. The van der Waals surface area contributed by atoms with Gasteiger partial charge in [0.2, 0.25) is 5.91 Å². The highest BCUT2D eigenvalue weighted by Gasteiger charge is 2.28. The maximum Gasteiger partial charge on any atom is 0.255 e. The topological polar surface area (TPSA) is 93.8 Å². The molecular weight excluding hydrogens is 384 g/mol. The lowest BCUT2D eigenvalue weighted by Crippen LogP contribution is -2.43. The molecule has 1 fully saturated rings. The largest absolute Gasteiger partial charge is 0.379 e. The van der Waals surface area contributed by atoms with E-state index in [1.165, 1.54) is 0 Å². The summed E-state index contributed by atoms with van der Waals surface area (Å²) in [6, 6.07) is 7.46. The molecule has 0 aliphatic carbocycles. The third-order valence-corrected chi connectivity index (χ3v) is 5.18. The molecule has 9 heteroatoms. The molecule has 3 aromatic heterocycles. The molecule has 1 aliphatic heterocycles. The third kappa shape index (κ3) is 3.93. The number of pyridine rings is 1. The number of fused-ring (bicyclic) bond motifs is 1. The summed E-state index contributed by atoms with van der Waals surface area (Å²) in [6.45, 7) is 5.30. The molecule has 1 unspecified atom stereocenters. The van der Waals surface area contributed by atoms with Crippen molar-refractivity contribution in [3.8, 4) is 11.5 Å². The van der Waals surface area contributed by atoms with Gasteiger partial charge in [0.1, 0.15) is 0 Å². The molecule has 4 heterocycles. The van der Waals surface area contributed by atoms with E-state index in [1.54, 1.807) is 23.2 Å². The van der Waals surface area contributed by atoms with Crippen molar-refractivity contribution >= 4 is 17.5 Å². The second kappa shape index (κ2) is 8.27. The van der Waals surface area contributed by atoms with Crippen LogP contribution in [0.5, 0.6) is 0 Å². The molecule has 30 heavy (non-hydrogen) atoms. The summed E-state index contributed by atoms with van der Waals surface area (Å²) >= 11 is 0. The molecule has 4 rings (SSSR count). The summed E-state index contributed by atoms with van der Waals surface area (Å²) in [6.07, 6.45) is 3.69. The minimum Gasteiger partial charge on any atom is -0.379 e. The van der Waals surface area contributed by atoms with Crippen molar-refractivity contribution in [3.63, 3.8) is 0 Å². The monoisotopic (exact) mass is 410 g/mol. The number of ether oxygens (including phenoxy) is 1. The maximum absolute atomic E-state index is 13.3. The molecule has 0 bridgehead atoms. The van der Waals surface area contributed by atoms with E-state index in [1.807, 2.05) is 48.2 Å². The quantitative estimate of drug-likeness (QED) is 0.701. The van der Waals surface area contributed by atoms with E-state index in [0.717, 1.165) is 5.69 Å². The zero-order valence-electron chi connectivity index (χ0n) is 17.4. The maximum atomic E-state index is 13.3. The zero-order valence-corrected chi connectivity index (χ0v) is 17.4. The first-order valence-corrected chi connectivity index (χ1v) is 10.1. The number of aryl methyl sites for hydroxylation is 1. The summed E-state index contributed by atoms with van der Waals surface area (Å²) in [5.74, 6) is 0.0400. The lowest BCUT2D eigenvalue weighted by Gasteiger charge is -2.24. The van der Waals surface area contributed by atoms with E-state index in [0.29, 0.717) is 43.3 Å². The van der Waals surface area contributed by atoms with Gasteiger partial charge in [0.15, 0.2) is 11.5 Å². The Kier molecular flexibility index (Phi) is 5.54. The van der Waals surface area contributed by atoms with Gasteiger partial charge in [-0.1, -0.05) is 0 Å². The van der Waals surface area contributed by atoms with Crippen LogP contribution in [-0.2, 0) is 16.6 Å². The van der Waals surface area contributed by atoms with Gasteiger partial charge in [0, 0.05) is 38.6 Å². The van der Waals surface area contributed by atoms with Crippen LogP contribution in [0.1, 0.15) is 24.2 Å². The molecule has 1 N–H and O–H groups in total. The highest BCUT2D eigenvalue weighted by atomic mass is 16.5. The highest BCUT2D eigenvalue weighted by Crippen LogP contribution is 2.20. The summed E-state index contributed by atoms with van der Waals surface area (Å²) in [4.78, 5) is 27.4. The SMILES string of the molecule is CC(C)NC(=O)C1COCCN(C(=O)c2ccc3nnc(-c4cccn4C)n3c2)C1. The molecule has 3 aromatic rings. The zero-order chi connectivity index (χ0) is 21.3. The fraction of sp³-hybridized carbons (Fsp3) is 0.429. The van der Waals surface area contributed by atoms with Crippen LogP contribution in [0.4, 0.5) is 0 Å². The van der Waals surface area contributed by atoms with Gasteiger partial charge >= 0.3 is 0 Å². The van der Waals surface area contributed by atoms with Crippen LogP contribution in [0.25, 0.3) is 17.2 Å². The van der Waals surface area contributed by atoms with Crippen LogP contribution < -0.4 is 5.32 Å². The lowest BCUT2D eigenvalue weighted by molar-refractivity contribution is -0.127. The highest BCUT2D eigenvalue weighted by molar-refractivity contribution is 5.94. The van der Waals surface area contributed by atoms with Crippen LogP contribution >= 0.6 is 0 Å². The summed E-state index contributed by atoms with van der Waals surface area (Å²) in [7, 11) is 1.94. The van der Waals surface area contributed by atoms with Gasteiger partial charge in [0.05, 0.1) is 30.4 Å². The van der Waals surface area contributed by atoms with Gasteiger partial charge < -0.3 is 19.5 Å². The number of nitrogens with one attached hydrogen (secondary N) is 1. The summed E-state index contributed by atoms with van der Waals surface area (Å²) in [5, 5.41) is 11.4. The average Bonchev–Trinajstić information content (AvgIpc) is 3.23. The molecule has 0 saturated carbocycles. The fourth-order valence-corrected chi connectivity index (χ4v) is 3.62. The van der Waals surface area contributed by atoms with E-state index in [2.05, 4.69) is 15.5 Å². The Hall–Kier alpha value is -3.20. The van der Waals surface area contributed by atoms with Gasteiger partial charge in [0.25, 0.3) is 5.91 Å². The lowest BCUT2D eigenvalue weighted by atomic mass is 10.1. The van der Waals surface area contributed by atoms with E-state index in [9.17, 15) is 9.59 Å². The van der Waals surface area contributed by atoms with Gasteiger partial charge in [-0.05, 0) is 38.1 Å². The van der Waals surface area contributed by atoms with E-state index in [-0.39, 0.29) is 17.9 Å². The third-order valence-electron chi connectivity index (χ3n) is 5.18. The molecule has 158 valence electrons. The number of carbonyl (C=O) groups excluding carboxylic acids is 2. The van der Waals surface area contributed by atoms with Crippen molar-refractivity contribution in [2.75, 3.05) is 26.3 Å². The molecule has 1 aliphatic rings. The standard InChI is InChI=1S/C21H26N6O3/c1-14(2)22-20(28)16-11-26(9-10-30-13-16)21(29)15-6-7-18-23-24-19(27(18)12-15)17-5-4-8-25(17)3/h4-8,12,14,16H,9-11,13H2,1-3H3,(H,22,28). The normalized spacial score (nSPS) is 17.3. The predicted octanol–water partition coefficient (Wildman–Crippen LogP) is 1.35. The van der Waals surface area contributed by atoms with E-state index < -0.39 is 5.92 Å². The number of aromatic nitrogens is 4. The molecule has 1 atom stereocenters. The molecule has 0 aromatic carbocycles. The molecule has 0 spiro atoms. The van der Waals surface area contributed by atoms with Crippen LogP contribution in [0, 0.1) is 5.92 Å². The van der Waals surface area contributed by atoms with Crippen LogP contribution in [0.15, 0.2) is 36.7 Å². The van der Waals surface area contributed by atoms with Gasteiger partial charge in [-0.3, -0.25) is 14.0 Å². The Labute approximate surface area is 174 Å². The van der Waals surface area contributed by atoms with Crippen LogP contribution in [0.2, 0.25) is 0 Å². The summed E-state index contributed by atoms with van der Waals surface area (Å²) in [5.41, 5.74) is 2.08. The number of amides is 2. The van der Waals surface area contributed by atoms with E-state index >= 15 is 0 Å². The van der Waals surface area contributed by atoms with Crippen LogP contribution in [0.3, 0.4) is 0 Å². The van der Waals surface area contributed by atoms with Crippen molar-refractivity contribution in [1.29, 1.82) is 0 Å². The Morgan fingerprint density at radius 2 is 2.07 bits per heavy atom. The van der Waals surface area contributed by atoms with E-state index in [4.69, 9.17) is 4.74 Å². The van der Waals surface area contributed by atoms with Crippen molar-refractivity contribution in [1.82, 2.24) is 29.4 Å². The number of hydrogen-bond acceptors (Lipinski definition) is 5. The Balaban J connectivity index is 1.60. The Morgan fingerprint density at radius 3 is 2.80 bits per heavy atom. The Bertz CT molecular complexity index is 1070. The number of rotatable bonds is 4. The van der Waals surface area contributed by atoms with Crippen LogP contribution in [-0.4, -0.2) is 68.2 Å². The number of carbonyl (C=O) groups is 2. The molecule has 2 amide bonds. The molecule has 0 radical (unpaired) electrons. The van der Waals surface area contributed by atoms with Gasteiger partial charge in [-0.15, -0.1) is 10.2 Å². The second-order valence-corrected chi connectivity index (χ2v) is 7.86. The van der Waals surface area contributed by atoms with Gasteiger partial charge in [-0.25, -0.2) is 0 Å². The second-order valence-electron chi connectivity index (χ2n) is 7.86. The fourth-order valence-electron chi connectivity index (χ4n) is 3.62. The minimum atomic E-state index is -0.392. The number of hydrogen-bond donors (Lipinski definition) is 1. The van der Waals surface area contributed by atoms with Crippen molar-refractivity contribution in [2.24, 2.45) is 13.0 Å². The molecule has 9 nitrogen and oxygen atoms in total. The average molecular weight is 410 g/mol. The first kappa shape index (κ1) is 20.1. The van der Waals surface area contributed by atoms with Crippen molar-refractivity contribution < 1.29 is 14.3 Å². The molecule has 1 saturated heterocycles. The smallest absolute Gasteiger partial charge is 0.255 e. The van der Waals surface area contributed by atoms with Crippen molar-refractivity contribution in [2.45, 2.75) is 19.9 Å². The number of nitrogens with zero attached hydrogens (tertiary/aromatic N) is 5. The first-order chi connectivity index (χ1) is 14.4. The van der Waals surface area contributed by atoms with Gasteiger partial charge in [-0.2, -0.15) is 0 Å².